The summed E-state index contributed by atoms with van der Waals surface area (Å²) in [5.41, 5.74) is 8.31. The first-order valence-electron chi connectivity index (χ1n) is 9.89. The van der Waals surface area contributed by atoms with Crippen molar-refractivity contribution in [1.29, 1.82) is 0 Å². The van der Waals surface area contributed by atoms with Gasteiger partial charge in [0.2, 0.25) is 5.91 Å². The number of piperidine rings is 1. The van der Waals surface area contributed by atoms with E-state index >= 15 is 0 Å². The molecule has 0 aromatic heterocycles. The van der Waals surface area contributed by atoms with Gasteiger partial charge in [0, 0.05) is 38.8 Å². The molecule has 4 nitrogen and oxygen atoms in total. The Labute approximate surface area is 163 Å². The lowest BCUT2D eigenvalue weighted by atomic mass is 9.93. The minimum atomic E-state index is -0.256. The van der Waals surface area contributed by atoms with Crippen LogP contribution in [0.1, 0.15) is 36.8 Å². The predicted molar refractivity (Wildman–Crippen MR) is 110 cm³/mol. The highest BCUT2D eigenvalue weighted by atomic mass is 16.2. The minimum Gasteiger partial charge on any atom is -0.342 e. The Morgan fingerprint density at radius 2 is 1.78 bits per heavy atom. The van der Waals surface area contributed by atoms with Crippen LogP contribution >= 0.6 is 0 Å². The van der Waals surface area contributed by atoms with Crippen molar-refractivity contribution in [2.75, 3.05) is 20.1 Å². The molecule has 0 aliphatic carbocycles. The highest BCUT2D eigenvalue weighted by molar-refractivity contribution is 5.84. The monoisotopic (exact) mass is 365 g/mol. The van der Waals surface area contributed by atoms with Crippen molar-refractivity contribution >= 4 is 5.91 Å². The van der Waals surface area contributed by atoms with E-state index in [2.05, 4.69) is 42.2 Å². The lowest BCUT2D eigenvalue weighted by Gasteiger charge is -2.42. The van der Waals surface area contributed by atoms with Gasteiger partial charge in [-0.05, 0) is 30.9 Å². The fourth-order valence-electron chi connectivity index (χ4n) is 4.09. The maximum Gasteiger partial charge on any atom is 0.231 e. The number of benzene rings is 2. The number of amides is 1. The van der Waals surface area contributed by atoms with E-state index in [1.807, 2.05) is 42.3 Å². The van der Waals surface area contributed by atoms with Crippen LogP contribution in [0.5, 0.6) is 0 Å². The van der Waals surface area contributed by atoms with E-state index in [0.29, 0.717) is 12.6 Å². The molecule has 1 heterocycles. The summed E-state index contributed by atoms with van der Waals surface area (Å²) >= 11 is 0. The van der Waals surface area contributed by atoms with Crippen LogP contribution in [0.3, 0.4) is 0 Å². The maximum atomic E-state index is 13.1. The zero-order valence-electron chi connectivity index (χ0n) is 16.4. The first-order chi connectivity index (χ1) is 13.1. The van der Waals surface area contributed by atoms with Gasteiger partial charge in [-0.25, -0.2) is 0 Å². The van der Waals surface area contributed by atoms with Crippen LogP contribution in [0, 0.1) is 0 Å². The number of carbonyl (C=O) groups excluding carboxylic acids is 1. The van der Waals surface area contributed by atoms with Crippen molar-refractivity contribution in [3.05, 3.63) is 71.8 Å². The molecule has 0 saturated carbocycles. The number of hydrogen-bond acceptors (Lipinski definition) is 3. The quantitative estimate of drug-likeness (QED) is 0.855. The Bertz CT molecular complexity index is 719. The van der Waals surface area contributed by atoms with Crippen LogP contribution in [0.25, 0.3) is 0 Å². The summed E-state index contributed by atoms with van der Waals surface area (Å²) in [5.74, 6) is -0.119. The third-order valence-corrected chi connectivity index (χ3v) is 5.85. The lowest BCUT2D eigenvalue weighted by molar-refractivity contribution is -0.134. The molecular formula is C23H31N3O. The number of hydrogen-bond donors (Lipinski definition) is 1. The van der Waals surface area contributed by atoms with Crippen molar-refractivity contribution in [2.45, 2.75) is 44.3 Å². The molecule has 144 valence electrons. The SMILES string of the molecule is C[C@@H]1C[C@H](N(C)C(=O)[C@@H](CN)c2ccccc2)CCN1Cc1ccccc1. The summed E-state index contributed by atoms with van der Waals surface area (Å²) in [6, 6.07) is 21.2. The number of likely N-dealkylation sites (N-methyl/N-ethyl adjacent to an activating group) is 1. The van der Waals surface area contributed by atoms with Gasteiger partial charge in [0.25, 0.3) is 0 Å². The largest absolute Gasteiger partial charge is 0.342 e. The van der Waals surface area contributed by atoms with Crippen LogP contribution < -0.4 is 5.73 Å². The summed E-state index contributed by atoms with van der Waals surface area (Å²) in [6.45, 7) is 4.60. The molecule has 2 aromatic carbocycles. The number of nitrogens with zero attached hydrogens (tertiary/aromatic N) is 2. The molecule has 0 spiro atoms. The van der Waals surface area contributed by atoms with E-state index in [9.17, 15) is 4.79 Å². The highest BCUT2D eigenvalue weighted by Gasteiger charge is 2.32. The average Bonchev–Trinajstić information content (AvgIpc) is 2.71. The van der Waals surface area contributed by atoms with Gasteiger partial charge in [-0.2, -0.15) is 0 Å². The first kappa shape index (κ1) is 19.6. The Balaban J connectivity index is 1.61. The van der Waals surface area contributed by atoms with E-state index in [1.165, 1.54) is 5.56 Å². The second kappa shape index (κ2) is 9.16. The molecular weight excluding hydrogens is 334 g/mol. The number of nitrogens with two attached hydrogens (primary N) is 1. The zero-order chi connectivity index (χ0) is 19.2. The second-order valence-electron chi connectivity index (χ2n) is 7.63. The van der Waals surface area contributed by atoms with Crippen LogP contribution in [-0.4, -0.2) is 47.9 Å². The second-order valence-corrected chi connectivity index (χ2v) is 7.63. The van der Waals surface area contributed by atoms with Gasteiger partial charge in [0.1, 0.15) is 0 Å². The van der Waals surface area contributed by atoms with Crippen molar-refractivity contribution < 1.29 is 4.79 Å². The molecule has 0 radical (unpaired) electrons. The third kappa shape index (κ3) is 4.76. The Kier molecular flexibility index (Phi) is 6.64. The Morgan fingerprint density at radius 3 is 2.37 bits per heavy atom. The van der Waals surface area contributed by atoms with Crippen molar-refractivity contribution in [3.63, 3.8) is 0 Å². The van der Waals surface area contributed by atoms with Gasteiger partial charge in [0.05, 0.1) is 5.92 Å². The molecule has 1 amide bonds. The third-order valence-electron chi connectivity index (χ3n) is 5.85. The predicted octanol–water partition coefficient (Wildman–Crippen LogP) is 3.24. The van der Waals surface area contributed by atoms with Crippen LogP contribution in [-0.2, 0) is 11.3 Å². The number of rotatable bonds is 6. The molecule has 2 N–H and O–H groups in total. The lowest BCUT2D eigenvalue weighted by Crippen LogP contribution is -2.50. The molecule has 1 fully saturated rings. The fraction of sp³-hybridized carbons (Fsp3) is 0.435. The van der Waals surface area contributed by atoms with E-state index in [4.69, 9.17) is 5.73 Å². The van der Waals surface area contributed by atoms with Crippen molar-refractivity contribution in [2.24, 2.45) is 5.73 Å². The summed E-state index contributed by atoms with van der Waals surface area (Å²) in [7, 11) is 1.94. The van der Waals surface area contributed by atoms with E-state index in [1.54, 1.807) is 0 Å². The average molecular weight is 366 g/mol. The maximum absolute atomic E-state index is 13.1. The molecule has 2 aromatic rings. The number of likely N-dealkylation sites (tertiary alicyclic amines) is 1. The van der Waals surface area contributed by atoms with Gasteiger partial charge in [-0.15, -0.1) is 0 Å². The van der Waals surface area contributed by atoms with Crippen LogP contribution in [0.15, 0.2) is 60.7 Å². The molecule has 4 heteroatoms. The molecule has 3 atom stereocenters. The normalized spacial score (nSPS) is 21.6. The summed E-state index contributed by atoms with van der Waals surface area (Å²) in [6.07, 6.45) is 2.01. The summed E-state index contributed by atoms with van der Waals surface area (Å²) < 4.78 is 0. The summed E-state index contributed by atoms with van der Waals surface area (Å²) in [5, 5.41) is 0. The Morgan fingerprint density at radius 1 is 1.15 bits per heavy atom. The van der Waals surface area contributed by atoms with Crippen molar-refractivity contribution in [3.8, 4) is 0 Å². The van der Waals surface area contributed by atoms with Crippen LogP contribution in [0.2, 0.25) is 0 Å². The summed E-state index contributed by atoms with van der Waals surface area (Å²) in [4.78, 5) is 17.5. The topological polar surface area (TPSA) is 49.6 Å². The van der Waals surface area contributed by atoms with Gasteiger partial charge in [-0.1, -0.05) is 60.7 Å². The smallest absolute Gasteiger partial charge is 0.231 e. The molecule has 3 rings (SSSR count). The standard InChI is InChI=1S/C23H31N3O/c1-18-15-21(13-14-26(18)17-19-9-5-3-6-10-19)25(2)23(27)22(16-24)20-11-7-4-8-12-20/h3-12,18,21-22H,13-17,24H2,1-2H3/t18-,21-,22+/m1/s1. The van der Waals surface area contributed by atoms with Crippen molar-refractivity contribution in [1.82, 2.24) is 9.80 Å². The molecule has 1 aliphatic heterocycles. The minimum absolute atomic E-state index is 0.136. The van der Waals surface area contributed by atoms with Gasteiger partial charge < -0.3 is 10.6 Å². The van der Waals surface area contributed by atoms with Gasteiger partial charge in [-0.3, -0.25) is 9.69 Å². The highest BCUT2D eigenvalue weighted by Crippen LogP contribution is 2.26. The fourth-order valence-corrected chi connectivity index (χ4v) is 4.09. The zero-order valence-corrected chi connectivity index (χ0v) is 16.4. The van der Waals surface area contributed by atoms with E-state index in [-0.39, 0.29) is 17.9 Å². The molecule has 1 aliphatic rings. The molecule has 0 unspecified atom stereocenters. The molecule has 0 bridgehead atoms. The van der Waals surface area contributed by atoms with Gasteiger partial charge in [0.15, 0.2) is 0 Å². The first-order valence-corrected chi connectivity index (χ1v) is 9.89. The van der Waals surface area contributed by atoms with Crippen LogP contribution in [0.4, 0.5) is 0 Å². The van der Waals surface area contributed by atoms with Gasteiger partial charge >= 0.3 is 0 Å². The van der Waals surface area contributed by atoms with E-state index < -0.39 is 0 Å². The molecule has 27 heavy (non-hydrogen) atoms. The Hall–Kier alpha value is -2.17. The number of carbonyl (C=O) groups is 1. The van der Waals surface area contributed by atoms with E-state index in [0.717, 1.165) is 31.5 Å². The molecule has 1 saturated heterocycles.